The summed E-state index contributed by atoms with van der Waals surface area (Å²) in [5.74, 6) is -0.168. The monoisotopic (exact) mass is 532 g/mol. The number of carbonyl (C=O) groups is 2. The van der Waals surface area contributed by atoms with E-state index in [9.17, 15) is 19.6 Å². The molecule has 0 spiro atoms. The zero-order valence-corrected chi connectivity index (χ0v) is 22.8. The number of anilines is 1. The van der Waals surface area contributed by atoms with E-state index >= 15 is 0 Å². The van der Waals surface area contributed by atoms with Crippen molar-refractivity contribution in [2.75, 3.05) is 44.9 Å². The van der Waals surface area contributed by atoms with Gasteiger partial charge in [-0.3, -0.25) is 23.9 Å². The number of thiocarbonyl (C=S) groups is 1. The molecule has 0 bridgehead atoms. The van der Waals surface area contributed by atoms with Crippen molar-refractivity contribution in [1.82, 2.24) is 9.47 Å². The number of thioether (sulfide) groups is 1. The molecule has 9 nitrogen and oxygen atoms in total. The summed E-state index contributed by atoms with van der Waals surface area (Å²) in [6, 6.07) is 2.04. The Labute approximate surface area is 221 Å². The second-order valence-corrected chi connectivity index (χ2v) is 10.3. The zero-order valence-electron chi connectivity index (χ0n) is 21.2. The van der Waals surface area contributed by atoms with E-state index in [4.69, 9.17) is 21.7 Å². The highest BCUT2D eigenvalue weighted by molar-refractivity contribution is 8.26. The van der Waals surface area contributed by atoms with E-state index in [2.05, 4.69) is 0 Å². The average molecular weight is 533 g/mol. The highest BCUT2D eigenvalue weighted by Gasteiger charge is 2.34. The molecule has 0 aliphatic carbocycles. The molecule has 11 heteroatoms. The lowest BCUT2D eigenvalue weighted by Crippen LogP contribution is -2.43. The normalized spacial score (nSPS) is 19.2. The average Bonchev–Trinajstić information content (AvgIpc) is 3.13. The third-order valence-electron chi connectivity index (χ3n) is 6.38. The fourth-order valence-electron chi connectivity index (χ4n) is 4.59. The Morgan fingerprint density at radius 1 is 1.33 bits per heavy atom. The van der Waals surface area contributed by atoms with Gasteiger partial charge in [0.15, 0.2) is 0 Å². The molecule has 194 valence electrons. The van der Waals surface area contributed by atoms with E-state index in [0.29, 0.717) is 78.4 Å². The predicted molar refractivity (Wildman–Crippen MR) is 144 cm³/mol. The fourth-order valence-corrected chi connectivity index (χ4v) is 5.88. The van der Waals surface area contributed by atoms with Crippen molar-refractivity contribution in [1.29, 1.82) is 5.26 Å². The molecule has 1 unspecified atom stereocenters. The summed E-state index contributed by atoms with van der Waals surface area (Å²) >= 11 is 6.66. The highest BCUT2D eigenvalue weighted by atomic mass is 32.2. The van der Waals surface area contributed by atoms with Gasteiger partial charge >= 0.3 is 5.97 Å². The number of rotatable bonds is 9. The van der Waals surface area contributed by atoms with Crippen molar-refractivity contribution < 1.29 is 19.1 Å². The second kappa shape index (κ2) is 12.5. The van der Waals surface area contributed by atoms with Crippen LogP contribution in [-0.2, 0) is 25.6 Å². The second-order valence-electron chi connectivity index (χ2n) is 8.62. The minimum atomic E-state index is -0.380. The predicted octanol–water partition coefficient (Wildman–Crippen LogP) is 3.07. The van der Waals surface area contributed by atoms with Crippen LogP contribution in [0.1, 0.15) is 49.8 Å². The molecule has 1 aromatic heterocycles. The minimum Gasteiger partial charge on any atom is -0.466 e. The summed E-state index contributed by atoms with van der Waals surface area (Å²) in [5.41, 5.74) is 0.788. The summed E-state index contributed by atoms with van der Waals surface area (Å²) in [4.78, 5) is 42.9. The molecule has 1 aromatic rings. The lowest BCUT2D eigenvalue weighted by molar-refractivity contribution is -0.148. The standard InChI is InChI=1S/C25H32N4O5S2/c1-5-28-21(27-10-7-9-17(15-27)24(32)34-6-2)18(16(3)19(14-26)22(28)30)13-20-23(31)29(25(35)36-20)11-8-12-33-4/h13,17H,5-12,15H2,1-4H3. The van der Waals surface area contributed by atoms with Crippen molar-refractivity contribution in [3.05, 3.63) is 31.9 Å². The molecule has 1 atom stereocenters. The number of carbonyl (C=O) groups excluding carboxylic acids is 2. The van der Waals surface area contributed by atoms with Gasteiger partial charge in [-0.2, -0.15) is 5.26 Å². The van der Waals surface area contributed by atoms with E-state index in [1.165, 1.54) is 11.8 Å². The van der Waals surface area contributed by atoms with Gasteiger partial charge in [-0.1, -0.05) is 24.0 Å². The van der Waals surface area contributed by atoms with Crippen LogP contribution < -0.4 is 10.5 Å². The van der Waals surface area contributed by atoms with Gasteiger partial charge in [-0.05, 0) is 51.7 Å². The summed E-state index contributed by atoms with van der Waals surface area (Å²) in [7, 11) is 1.61. The number of methoxy groups -OCH3 is 1. The van der Waals surface area contributed by atoms with Crippen LogP contribution in [0, 0.1) is 24.2 Å². The molecule has 1 amide bonds. The molecule has 2 aliphatic rings. The van der Waals surface area contributed by atoms with Gasteiger partial charge < -0.3 is 14.4 Å². The molecular weight excluding hydrogens is 500 g/mol. The van der Waals surface area contributed by atoms with Crippen molar-refractivity contribution >= 4 is 52.1 Å². The Kier molecular flexibility index (Phi) is 9.70. The van der Waals surface area contributed by atoms with Crippen molar-refractivity contribution in [3.8, 4) is 6.07 Å². The molecule has 2 aliphatic heterocycles. The van der Waals surface area contributed by atoms with Crippen LogP contribution in [0.2, 0.25) is 0 Å². The molecule has 2 saturated heterocycles. The molecule has 36 heavy (non-hydrogen) atoms. The van der Waals surface area contributed by atoms with E-state index in [1.54, 1.807) is 36.5 Å². The highest BCUT2D eigenvalue weighted by Crippen LogP contribution is 2.37. The van der Waals surface area contributed by atoms with Crippen molar-refractivity contribution in [2.45, 2.75) is 46.6 Å². The molecular formula is C25H32N4O5S2. The Morgan fingerprint density at radius 2 is 2.08 bits per heavy atom. The quantitative estimate of drug-likeness (QED) is 0.205. The number of piperidine rings is 1. The van der Waals surface area contributed by atoms with E-state index in [0.717, 1.165) is 6.42 Å². The van der Waals surface area contributed by atoms with E-state index in [-0.39, 0.29) is 28.9 Å². The third kappa shape index (κ3) is 5.66. The minimum absolute atomic E-state index is 0.0429. The maximum absolute atomic E-state index is 13.2. The lowest BCUT2D eigenvalue weighted by Gasteiger charge is -2.36. The first-order valence-electron chi connectivity index (χ1n) is 12.1. The first kappa shape index (κ1) is 27.9. The number of hydrogen-bond donors (Lipinski definition) is 0. The first-order valence-corrected chi connectivity index (χ1v) is 13.3. The van der Waals surface area contributed by atoms with Crippen LogP contribution in [0.5, 0.6) is 0 Å². The Hall–Kier alpha value is -2.68. The molecule has 0 N–H and O–H groups in total. The third-order valence-corrected chi connectivity index (χ3v) is 7.76. The summed E-state index contributed by atoms with van der Waals surface area (Å²) in [5, 5.41) is 9.76. The van der Waals surface area contributed by atoms with Gasteiger partial charge in [0.2, 0.25) is 0 Å². The van der Waals surface area contributed by atoms with Crippen molar-refractivity contribution in [3.63, 3.8) is 0 Å². The van der Waals surface area contributed by atoms with Crippen LogP contribution in [-0.4, -0.2) is 65.6 Å². The van der Waals surface area contributed by atoms with Gasteiger partial charge in [0.1, 0.15) is 21.8 Å². The van der Waals surface area contributed by atoms with Gasteiger partial charge in [0.05, 0.1) is 17.4 Å². The van der Waals surface area contributed by atoms with Crippen LogP contribution in [0.4, 0.5) is 5.82 Å². The number of hydrogen-bond acceptors (Lipinski definition) is 9. The fraction of sp³-hybridized carbons (Fsp3) is 0.560. The summed E-state index contributed by atoms with van der Waals surface area (Å²) in [6.45, 7) is 7.98. The number of ether oxygens (including phenoxy) is 2. The maximum Gasteiger partial charge on any atom is 0.310 e. The first-order chi connectivity index (χ1) is 17.3. The number of aromatic nitrogens is 1. The van der Waals surface area contributed by atoms with Crippen LogP contribution in [0.3, 0.4) is 0 Å². The molecule has 3 rings (SSSR count). The SMILES string of the molecule is CCOC(=O)C1CCCN(c2c(C=C3SC(=S)N(CCCOC)C3=O)c(C)c(C#N)c(=O)n2CC)C1. The topological polar surface area (TPSA) is 105 Å². The molecule has 0 saturated carbocycles. The number of nitriles is 1. The van der Waals surface area contributed by atoms with Crippen LogP contribution in [0.15, 0.2) is 9.70 Å². The Balaban J connectivity index is 2.11. The zero-order chi connectivity index (χ0) is 26.4. The maximum atomic E-state index is 13.2. The molecule has 0 aromatic carbocycles. The summed E-state index contributed by atoms with van der Waals surface area (Å²) in [6.07, 6.45) is 3.85. The van der Waals surface area contributed by atoms with Gasteiger partial charge in [0, 0.05) is 45.5 Å². The smallest absolute Gasteiger partial charge is 0.310 e. The lowest BCUT2D eigenvalue weighted by atomic mass is 9.96. The number of esters is 1. The number of nitrogens with zero attached hydrogens (tertiary/aromatic N) is 4. The molecule has 2 fully saturated rings. The Morgan fingerprint density at radius 3 is 2.72 bits per heavy atom. The molecule has 3 heterocycles. The van der Waals surface area contributed by atoms with Gasteiger partial charge in [0.25, 0.3) is 11.5 Å². The Bertz CT molecular complexity index is 1170. The van der Waals surface area contributed by atoms with Gasteiger partial charge in [-0.25, -0.2) is 0 Å². The van der Waals surface area contributed by atoms with Crippen LogP contribution in [0.25, 0.3) is 6.08 Å². The van der Waals surface area contributed by atoms with E-state index < -0.39 is 0 Å². The van der Waals surface area contributed by atoms with E-state index in [1.807, 2.05) is 17.9 Å². The molecule has 0 radical (unpaired) electrons. The van der Waals surface area contributed by atoms with Crippen LogP contribution >= 0.6 is 24.0 Å². The number of amides is 1. The van der Waals surface area contributed by atoms with Crippen molar-refractivity contribution in [2.24, 2.45) is 5.92 Å². The van der Waals surface area contributed by atoms with Gasteiger partial charge in [-0.15, -0.1) is 0 Å². The largest absolute Gasteiger partial charge is 0.466 e. The number of pyridine rings is 1. The summed E-state index contributed by atoms with van der Waals surface area (Å²) < 4.78 is 12.4.